The molecule has 27 heavy (non-hydrogen) atoms. The summed E-state index contributed by atoms with van der Waals surface area (Å²) in [5.41, 5.74) is 1.26. The second-order valence-electron chi connectivity index (χ2n) is 7.28. The minimum absolute atomic E-state index is 0.0449. The van der Waals surface area contributed by atoms with Crippen LogP contribution in [0.1, 0.15) is 31.7 Å². The normalized spacial score (nSPS) is 25.3. The monoisotopic (exact) mass is 376 g/mol. The molecule has 0 aromatic heterocycles. The van der Waals surface area contributed by atoms with Crippen LogP contribution in [0.4, 0.5) is 0 Å². The summed E-state index contributed by atoms with van der Waals surface area (Å²) < 4.78 is 15.9. The fraction of sp³-hybridized carbons (Fsp3) is 0.667. The Labute approximate surface area is 161 Å². The Kier molecular flexibility index (Phi) is 7.93. The summed E-state index contributed by atoms with van der Waals surface area (Å²) in [5, 5.41) is 7.38. The molecule has 1 saturated heterocycles. The standard InChI is InChI=1S/C21H32N2O4/c1-2-26-21(24)15-27-17-8-6-16(7-9-17)10-11-22-19-5-3-4-18(19)20-14-25-13-12-23-20/h6-9,18-20,22-23H,2-5,10-15H2,1H3. The molecule has 2 fully saturated rings. The molecular formula is C21H32N2O4. The molecule has 0 radical (unpaired) electrons. The van der Waals surface area contributed by atoms with Crippen LogP contribution in [0.5, 0.6) is 5.75 Å². The zero-order valence-electron chi connectivity index (χ0n) is 16.2. The van der Waals surface area contributed by atoms with Gasteiger partial charge < -0.3 is 24.8 Å². The van der Waals surface area contributed by atoms with E-state index >= 15 is 0 Å². The first-order valence-electron chi connectivity index (χ1n) is 10.2. The lowest BCUT2D eigenvalue weighted by Gasteiger charge is -2.33. The van der Waals surface area contributed by atoms with E-state index in [0.29, 0.717) is 30.4 Å². The van der Waals surface area contributed by atoms with Crippen LogP contribution < -0.4 is 15.4 Å². The van der Waals surface area contributed by atoms with E-state index in [0.717, 1.165) is 32.7 Å². The van der Waals surface area contributed by atoms with Crippen molar-refractivity contribution in [2.75, 3.05) is 39.5 Å². The second-order valence-corrected chi connectivity index (χ2v) is 7.28. The number of morpholine rings is 1. The van der Waals surface area contributed by atoms with Gasteiger partial charge in [0.05, 0.1) is 19.8 Å². The molecule has 2 aliphatic rings. The molecule has 150 valence electrons. The van der Waals surface area contributed by atoms with Crippen molar-refractivity contribution in [1.29, 1.82) is 0 Å². The van der Waals surface area contributed by atoms with Crippen LogP contribution in [0, 0.1) is 5.92 Å². The van der Waals surface area contributed by atoms with Crippen molar-refractivity contribution in [3.05, 3.63) is 29.8 Å². The van der Waals surface area contributed by atoms with Gasteiger partial charge in [0.25, 0.3) is 0 Å². The molecule has 0 bridgehead atoms. The molecule has 0 spiro atoms. The van der Waals surface area contributed by atoms with Crippen LogP contribution in [0.15, 0.2) is 24.3 Å². The number of rotatable bonds is 9. The summed E-state index contributed by atoms with van der Waals surface area (Å²) in [6.07, 6.45) is 4.82. The van der Waals surface area contributed by atoms with Gasteiger partial charge in [-0.3, -0.25) is 0 Å². The van der Waals surface area contributed by atoms with Crippen molar-refractivity contribution >= 4 is 5.97 Å². The number of hydrogen-bond acceptors (Lipinski definition) is 6. The maximum absolute atomic E-state index is 11.3. The third kappa shape index (κ3) is 6.19. The number of esters is 1. The Morgan fingerprint density at radius 3 is 2.89 bits per heavy atom. The molecule has 6 nitrogen and oxygen atoms in total. The van der Waals surface area contributed by atoms with E-state index in [9.17, 15) is 4.79 Å². The van der Waals surface area contributed by atoms with Crippen LogP contribution in [-0.2, 0) is 20.7 Å². The summed E-state index contributed by atoms with van der Waals surface area (Å²) in [5.74, 6) is 1.03. The Balaban J connectivity index is 1.39. The smallest absolute Gasteiger partial charge is 0.344 e. The number of ether oxygens (including phenoxy) is 3. The quantitative estimate of drug-likeness (QED) is 0.642. The Hall–Kier alpha value is -1.63. The van der Waals surface area contributed by atoms with Crippen LogP contribution in [0.3, 0.4) is 0 Å². The van der Waals surface area contributed by atoms with Crippen molar-refractivity contribution in [2.45, 2.75) is 44.7 Å². The molecule has 1 aromatic rings. The second kappa shape index (κ2) is 10.6. The van der Waals surface area contributed by atoms with Crippen LogP contribution in [0.25, 0.3) is 0 Å². The first-order chi connectivity index (χ1) is 13.3. The average molecular weight is 376 g/mol. The third-order valence-electron chi connectivity index (χ3n) is 5.44. The number of carbonyl (C=O) groups is 1. The minimum Gasteiger partial charge on any atom is -0.482 e. The maximum atomic E-state index is 11.3. The van der Waals surface area contributed by atoms with Crippen molar-refractivity contribution in [3.63, 3.8) is 0 Å². The van der Waals surface area contributed by atoms with Gasteiger partial charge in [0.15, 0.2) is 6.61 Å². The van der Waals surface area contributed by atoms with Crippen molar-refractivity contribution in [1.82, 2.24) is 10.6 Å². The minimum atomic E-state index is -0.338. The number of benzene rings is 1. The Morgan fingerprint density at radius 2 is 2.15 bits per heavy atom. The molecule has 3 unspecified atom stereocenters. The molecule has 1 aliphatic carbocycles. The number of hydrogen-bond donors (Lipinski definition) is 2. The van der Waals surface area contributed by atoms with Crippen LogP contribution in [-0.4, -0.2) is 57.6 Å². The van der Waals surface area contributed by atoms with Gasteiger partial charge in [-0.2, -0.15) is 0 Å². The van der Waals surface area contributed by atoms with Gasteiger partial charge in [-0.25, -0.2) is 4.79 Å². The zero-order chi connectivity index (χ0) is 18.9. The van der Waals surface area contributed by atoms with E-state index in [1.807, 2.05) is 12.1 Å². The molecule has 1 saturated carbocycles. The van der Waals surface area contributed by atoms with Gasteiger partial charge in [-0.05, 0) is 56.3 Å². The molecule has 3 rings (SSSR count). The van der Waals surface area contributed by atoms with Gasteiger partial charge in [-0.1, -0.05) is 18.6 Å². The van der Waals surface area contributed by atoms with E-state index in [4.69, 9.17) is 14.2 Å². The molecule has 1 aliphatic heterocycles. The van der Waals surface area contributed by atoms with E-state index in [-0.39, 0.29) is 12.6 Å². The summed E-state index contributed by atoms with van der Waals surface area (Å²) in [6.45, 7) is 5.73. The fourth-order valence-electron chi connectivity index (χ4n) is 4.08. The third-order valence-corrected chi connectivity index (χ3v) is 5.44. The van der Waals surface area contributed by atoms with Crippen LogP contribution >= 0.6 is 0 Å². The summed E-state index contributed by atoms with van der Waals surface area (Å²) in [4.78, 5) is 11.3. The van der Waals surface area contributed by atoms with E-state index in [2.05, 4.69) is 22.8 Å². The fourth-order valence-corrected chi connectivity index (χ4v) is 4.08. The predicted octanol–water partition coefficient (Wildman–Crippen LogP) is 1.92. The molecule has 1 heterocycles. The van der Waals surface area contributed by atoms with Gasteiger partial charge >= 0.3 is 5.97 Å². The highest BCUT2D eigenvalue weighted by atomic mass is 16.6. The van der Waals surface area contributed by atoms with Crippen LogP contribution in [0.2, 0.25) is 0 Å². The summed E-state index contributed by atoms with van der Waals surface area (Å²) in [7, 11) is 0. The van der Waals surface area contributed by atoms with Gasteiger partial charge in [0, 0.05) is 18.6 Å². The molecular weight excluding hydrogens is 344 g/mol. The zero-order valence-corrected chi connectivity index (χ0v) is 16.2. The molecule has 6 heteroatoms. The molecule has 2 N–H and O–H groups in total. The SMILES string of the molecule is CCOC(=O)COc1ccc(CCNC2CCCC2C2COCCN2)cc1. The molecule has 0 amide bonds. The van der Waals surface area contributed by atoms with Gasteiger partial charge in [0.2, 0.25) is 0 Å². The summed E-state index contributed by atoms with van der Waals surface area (Å²) in [6, 6.07) is 9.02. The number of carbonyl (C=O) groups excluding carboxylic acids is 1. The molecule has 1 aromatic carbocycles. The average Bonchev–Trinajstić information content (AvgIpc) is 3.17. The van der Waals surface area contributed by atoms with Gasteiger partial charge in [-0.15, -0.1) is 0 Å². The lowest BCUT2D eigenvalue weighted by Crippen LogP contribution is -2.51. The Morgan fingerprint density at radius 1 is 1.30 bits per heavy atom. The largest absolute Gasteiger partial charge is 0.482 e. The van der Waals surface area contributed by atoms with Crippen molar-refractivity contribution in [2.24, 2.45) is 5.92 Å². The topological polar surface area (TPSA) is 68.8 Å². The molecule has 3 atom stereocenters. The Bertz CT molecular complexity index is 572. The highest BCUT2D eigenvalue weighted by molar-refractivity contribution is 5.71. The first-order valence-corrected chi connectivity index (χ1v) is 10.2. The highest BCUT2D eigenvalue weighted by Crippen LogP contribution is 2.29. The van der Waals surface area contributed by atoms with E-state index in [1.54, 1.807) is 6.92 Å². The van der Waals surface area contributed by atoms with Crippen molar-refractivity contribution < 1.29 is 19.0 Å². The van der Waals surface area contributed by atoms with E-state index in [1.165, 1.54) is 24.8 Å². The van der Waals surface area contributed by atoms with Gasteiger partial charge in [0.1, 0.15) is 5.75 Å². The maximum Gasteiger partial charge on any atom is 0.344 e. The highest BCUT2D eigenvalue weighted by Gasteiger charge is 2.34. The first kappa shape index (κ1) is 20.1. The lowest BCUT2D eigenvalue weighted by atomic mass is 9.94. The van der Waals surface area contributed by atoms with E-state index < -0.39 is 0 Å². The number of nitrogens with one attached hydrogen (secondary N) is 2. The lowest BCUT2D eigenvalue weighted by molar-refractivity contribution is -0.145. The predicted molar refractivity (Wildman–Crippen MR) is 104 cm³/mol. The summed E-state index contributed by atoms with van der Waals surface area (Å²) >= 11 is 0. The van der Waals surface area contributed by atoms with Crippen molar-refractivity contribution in [3.8, 4) is 5.75 Å².